The summed E-state index contributed by atoms with van der Waals surface area (Å²) < 4.78 is -0.208. The number of carbonyl (C=O) groups excluding carboxylic acids is 3. The Morgan fingerprint density at radius 2 is 1.71 bits per heavy atom. The Morgan fingerprint density at radius 1 is 1.02 bits per heavy atom. The summed E-state index contributed by atoms with van der Waals surface area (Å²) in [4.78, 5) is 51.6. The molecule has 234 valence electrons. The highest BCUT2D eigenvalue weighted by atomic mass is 79.9. The molecule has 4 amide bonds. The number of nitrogens with one attached hydrogen (secondary N) is 2. The zero-order valence-corrected chi connectivity index (χ0v) is 28.3. The standard InChI is InChI=1S/C34H35BrClN5O3S/c1-3-37-33(44)40-16-14-39(15-17-40)32(43)34(45-26-11-4-22(2)5-12-26)19-30(42)41(21-23-6-8-24(35)9-7-23)31(34)28-20-38-29-18-25(36)10-13-27(28)29/h4-13,18,20,31,38H,3,14-17,19,21H2,1-2H3,(H,37,44)/t31-,34-/m0/s1. The summed E-state index contributed by atoms with van der Waals surface area (Å²) in [5.74, 6) is -0.177. The molecule has 1 aromatic heterocycles. The molecule has 0 aliphatic carbocycles. The van der Waals surface area contributed by atoms with Crippen LogP contribution in [0.25, 0.3) is 10.9 Å². The summed E-state index contributed by atoms with van der Waals surface area (Å²) in [5.41, 5.74) is 3.81. The van der Waals surface area contributed by atoms with E-state index in [9.17, 15) is 9.59 Å². The number of nitrogens with zero attached hydrogens (tertiary/aromatic N) is 3. The van der Waals surface area contributed by atoms with Crippen LogP contribution in [0.15, 0.2) is 82.3 Å². The number of benzene rings is 3. The second-order valence-corrected chi connectivity index (χ2v) is 14.3. The number of likely N-dealkylation sites (tertiary alicyclic amines) is 1. The Labute approximate surface area is 280 Å². The van der Waals surface area contributed by atoms with Crippen molar-refractivity contribution in [2.24, 2.45) is 0 Å². The first-order valence-corrected chi connectivity index (χ1v) is 17.1. The average Bonchev–Trinajstić information content (AvgIpc) is 3.56. The number of H-pyrrole nitrogens is 1. The molecule has 0 bridgehead atoms. The third-order valence-corrected chi connectivity index (χ3v) is 10.8. The van der Waals surface area contributed by atoms with Crippen LogP contribution in [0.2, 0.25) is 5.02 Å². The maximum atomic E-state index is 15.0. The number of halogens is 2. The molecule has 2 aliphatic rings. The lowest BCUT2D eigenvalue weighted by atomic mass is 9.90. The van der Waals surface area contributed by atoms with Crippen molar-refractivity contribution < 1.29 is 14.4 Å². The highest BCUT2D eigenvalue weighted by Crippen LogP contribution is 2.55. The van der Waals surface area contributed by atoms with Gasteiger partial charge in [0.1, 0.15) is 4.75 Å². The van der Waals surface area contributed by atoms with Gasteiger partial charge >= 0.3 is 6.03 Å². The van der Waals surface area contributed by atoms with Crippen LogP contribution in [0.1, 0.15) is 36.1 Å². The van der Waals surface area contributed by atoms with Crippen molar-refractivity contribution in [2.75, 3.05) is 32.7 Å². The van der Waals surface area contributed by atoms with Gasteiger partial charge in [0.25, 0.3) is 0 Å². The van der Waals surface area contributed by atoms with E-state index in [1.807, 2.05) is 96.6 Å². The molecule has 3 aromatic carbocycles. The zero-order chi connectivity index (χ0) is 31.7. The number of urea groups is 1. The highest BCUT2D eigenvalue weighted by molar-refractivity contribution is 9.10. The molecule has 0 saturated carbocycles. The highest BCUT2D eigenvalue weighted by Gasteiger charge is 2.59. The molecule has 2 fully saturated rings. The minimum absolute atomic E-state index is 0.0440. The van der Waals surface area contributed by atoms with Crippen LogP contribution in [0.3, 0.4) is 0 Å². The summed E-state index contributed by atoms with van der Waals surface area (Å²) in [6.07, 6.45) is 1.96. The molecule has 0 unspecified atom stereocenters. The summed E-state index contributed by atoms with van der Waals surface area (Å²) in [6.45, 7) is 6.45. The van der Waals surface area contributed by atoms with Gasteiger partial charge in [0, 0.05) is 76.3 Å². The Bertz CT molecular complexity index is 1720. The maximum absolute atomic E-state index is 15.0. The van der Waals surface area contributed by atoms with Gasteiger partial charge in [-0.3, -0.25) is 9.59 Å². The van der Waals surface area contributed by atoms with Gasteiger partial charge in [-0.25, -0.2) is 4.79 Å². The lowest BCUT2D eigenvalue weighted by molar-refractivity contribution is -0.136. The number of carbonyl (C=O) groups is 3. The van der Waals surface area contributed by atoms with Crippen molar-refractivity contribution in [3.05, 3.63) is 99.1 Å². The second-order valence-electron chi connectivity index (χ2n) is 11.6. The molecule has 2 N–H and O–H groups in total. The van der Waals surface area contributed by atoms with Crippen molar-refractivity contribution in [3.63, 3.8) is 0 Å². The van der Waals surface area contributed by atoms with Crippen LogP contribution in [0.4, 0.5) is 4.79 Å². The summed E-state index contributed by atoms with van der Waals surface area (Å²) in [5, 5.41) is 4.38. The number of aromatic nitrogens is 1. The molecule has 3 heterocycles. The van der Waals surface area contributed by atoms with Gasteiger partial charge in [0.15, 0.2) is 0 Å². The summed E-state index contributed by atoms with van der Waals surface area (Å²) in [7, 11) is 0. The van der Waals surface area contributed by atoms with E-state index in [0.717, 1.165) is 37.0 Å². The van der Waals surface area contributed by atoms with Crippen LogP contribution >= 0.6 is 39.3 Å². The number of hydrogen-bond donors (Lipinski definition) is 2. The minimum atomic E-state index is -1.16. The normalized spacial score (nSPS) is 20.2. The van der Waals surface area contributed by atoms with Crippen LogP contribution in [-0.4, -0.2) is 75.0 Å². The molecule has 0 radical (unpaired) electrons. The average molecular weight is 709 g/mol. The second kappa shape index (κ2) is 13.1. The van der Waals surface area contributed by atoms with Crippen molar-refractivity contribution in [1.29, 1.82) is 0 Å². The monoisotopic (exact) mass is 707 g/mol. The molecular formula is C34H35BrClN5O3S. The van der Waals surface area contributed by atoms with E-state index >= 15 is 4.79 Å². The van der Waals surface area contributed by atoms with Crippen molar-refractivity contribution in [2.45, 2.75) is 42.5 Å². The van der Waals surface area contributed by atoms with E-state index in [4.69, 9.17) is 11.6 Å². The number of aryl methyl sites for hydroxylation is 1. The molecular weight excluding hydrogens is 674 g/mol. The van der Waals surface area contributed by atoms with Crippen molar-refractivity contribution in [1.82, 2.24) is 25.0 Å². The third-order valence-electron chi connectivity index (χ3n) is 8.59. The Hall–Kier alpha value is -3.47. The first-order valence-electron chi connectivity index (χ1n) is 15.1. The van der Waals surface area contributed by atoms with Crippen LogP contribution in [-0.2, 0) is 16.1 Å². The van der Waals surface area contributed by atoms with E-state index in [1.165, 1.54) is 11.8 Å². The molecule has 2 atom stereocenters. The number of thioether (sulfide) groups is 1. The lowest BCUT2D eigenvalue weighted by Crippen LogP contribution is -2.58. The SMILES string of the molecule is CCNC(=O)N1CCN(C(=O)[C@]2(Sc3ccc(C)cc3)CC(=O)N(Cc3ccc(Br)cc3)[C@H]2c2c[nH]c3cc(Cl)ccc23)CC1. The fourth-order valence-electron chi connectivity index (χ4n) is 6.34. The molecule has 11 heteroatoms. The van der Waals surface area contributed by atoms with Gasteiger partial charge < -0.3 is 25.0 Å². The lowest BCUT2D eigenvalue weighted by Gasteiger charge is -2.42. The van der Waals surface area contributed by atoms with Crippen LogP contribution in [0, 0.1) is 6.92 Å². The van der Waals surface area contributed by atoms with Gasteiger partial charge in [-0.2, -0.15) is 0 Å². The van der Waals surface area contributed by atoms with Gasteiger partial charge in [0.2, 0.25) is 11.8 Å². The molecule has 0 spiro atoms. The smallest absolute Gasteiger partial charge is 0.317 e. The van der Waals surface area contributed by atoms with Crippen LogP contribution < -0.4 is 5.32 Å². The number of aromatic amines is 1. The predicted octanol–water partition coefficient (Wildman–Crippen LogP) is 6.77. The van der Waals surface area contributed by atoms with Gasteiger partial charge in [0.05, 0.1) is 12.5 Å². The Kier molecular flexibility index (Phi) is 9.17. The van der Waals surface area contributed by atoms with E-state index in [1.54, 1.807) is 4.90 Å². The number of hydrogen-bond acceptors (Lipinski definition) is 4. The fourth-order valence-corrected chi connectivity index (χ4v) is 8.25. The first-order chi connectivity index (χ1) is 21.7. The largest absolute Gasteiger partial charge is 0.361 e. The maximum Gasteiger partial charge on any atom is 0.317 e. The zero-order valence-electron chi connectivity index (χ0n) is 25.2. The van der Waals surface area contributed by atoms with E-state index in [2.05, 4.69) is 26.2 Å². The molecule has 8 nitrogen and oxygen atoms in total. The Balaban J connectivity index is 1.46. The number of rotatable bonds is 7. The van der Waals surface area contributed by atoms with Gasteiger partial charge in [-0.1, -0.05) is 63.4 Å². The molecule has 45 heavy (non-hydrogen) atoms. The predicted molar refractivity (Wildman–Crippen MR) is 182 cm³/mol. The van der Waals surface area contributed by atoms with E-state index < -0.39 is 10.8 Å². The van der Waals surface area contributed by atoms with Crippen molar-refractivity contribution in [3.8, 4) is 0 Å². The molecule has 4 aromatic rings. The number of amides is 4. The quantitative estimate of drug-likeness (QED) is 0.222. The number of piperazine rings is 1. The topological polar surface area (TPSA) is 88.8 Å². The Morgan fingerprint density at radius 3 is 2.40 bits per heavy atom. The third kappa shape index (κ3) is 6.33. The van der Waals surface area contributed by atoms with Gasteiger partial charge in [-0.15, -0.1) is 11.8 Å². The van der Waals surface area contributed by atoms with E-state index in [-0.39, 0.29) is 24.3 Å². The fraction of sp³-hybridized carbons (Fsp3) is 0.324. The molecule has 2 saturated heterocycles. The van der Waals surface area contributed by atoms with Gasteiger partial charge in [-0.05, 0) is 55.8 Å². The van der Waals surface area contributed by atoms with Crippen LogP contribution in [0.5, 0.6) is 0 Å². The summed E-state index contributed by atoms with van der Waals surface area (Å²) in [6, 6.07) is 21.0. The molecule has 6 rings (SSSR count). The number of fused-ring (bicyclic) bond motifs is 1. The molecule has 2 aliphatic heterocycles. The summed E-state index contributed by atoms with van der Waals surface area (Å²) >= 11 is 11.3. The first kappa shape index (κ1) is 31.5. The van der Waals surface area contributed by atoms with Crippen molar-refractivity contribution >= 4 is 68.0 Å². The van der Waals surface area contributed by atoms with E-state index in [0.29, 0.717) is 44.3 Å². The minimum Gasteiger partial charge on any atom is -0.361 e.